The Morgan fingerprint density at radius 1 is 0.970 bits per heavy atom. The molecule has 7 heteroatoms. The molecule has 5 aromatic rings. The highest BCUT2D eigenvalue weighted by Crippen LogP contribution is 2.28. The summed E-state index contributed by atoms with van der Waals surface area (Å²) in [5.74, 6) is 1.09. The highest BCUT2D eigenvalue weighted by atomic mass is 32.2. The van der Waals surface area contributed by atoms with E-state index in [1.165, 1.54) is 17.8 Å². The lowest BCUT2D eigenvalue weighted by Crippen LogP contribution is -2.21. The van der Waals surface area contributed by atoms with Gasteiger partial charge < -0.3 is 9.15 Å². The molecule has 0 atom stereocenters. The lowest BCUT2D eigenvalue weighted by molar-refractivity contribution is 0.414. The Morgan fingerprint density at radius 2 is 1.82 bits per heavy atom. The smallest absolute Gasteiger partial charge is 0.336 e. The standard InChI is InChI=1S/C26H20N2O4S/c1-16-10-11-20-17(13-24(29)32-23(20)12-16)15-33-26-27-22-9-4-3-8-21(22)25(30)28(26)18-6-5-7-19(14-18)31-2/h3-14H,15H2,1-2H3. The summed E-state index contributed by atoms with van der Waals surface area (Å²) in [7, 11) is 1.59. The van der Waals surface area contributed by atoms with Crippen molar-refractivity contribution >= 4 is 33.6 Å². The van der Waals surface area contributed by atoms with Gasteiger partial charge in [0.15, 0.2) is 5.16 Å². The van der Waals surface area contributed by atoms with E-state index in [1.54, 1.807) is 23.8 Å². The lowest BCUT2D eigenvalue weighted by Gasteiger charge is -2.14. The average molecular weight is 457 g/mol. The molecule has 0 spiro atoms. The summed E-state index contributed by atoms with van der Waals surface area (Å²) in [6.45, 7) is 1.95. The van der Waals surface area contributed by atoms with Gasteiger partial charge in [0.1, 0.15) is 11.3 Å². The summed E-state index contributed by atoms with van der Waals surface area (Å²) in [4.78, 5) is 30.4. The van der Waals surface area contributed by atoms with Crippen molar-refractivity contribution in [1.82, 2.24) is 9.55 Å². The Morgan fingerprint density at radius 3 is 2.67 bits per heavy atom. The fraction of sp³-hybridized carbons (Fsp3) is 0.115. The molecule has 2 aromatic heterocycles. The molecule has 0 radical (unpaired) electrons. The van der Waals surface area contributed by atoms with Crippen molar-refractivity contribution in [3.05, 3.63) is 105 Å². The number of fused-ring (bicyclic) bond motifs is 2. The van der Waals surface area contributed by atoms with E-state index >= 15 is 0 Å². The number of aromatic nitrogens is 2. The minimum atomic E-state index is -0.402. The number of benzene rings is 3. The van der Waals surface area contributed by atoms with Crippen molar-refractivity contribution in [1.29, 1.82) is 0 Å². The maximum Gasteiger partial charge on any atom is 0.336 e. The van der Waals surface area contributed by atoms with Gasteiger partial charge in [-0.2, -0.15) is 0 Å². The molecule has 0 bridgehead atoms. The molecule has 0 saturated heterocycles. The third-order valence-corrected chi connectivity index (χ3v) is 6.39. The molecule has 5 rings (SSSR count). The Labute approximate surface area is 193 Å². The number of hydrogen-bond acceptors (Lipinski definition) is 6. The van der Waals surface area contributed by atoms with Crippen LogP contribution < -0.4 is 15.9 Å². The fourth-order valence-corrected chi connectivity index (χ4v) is 4.79. The first-order valence-corrected chi connectivity index (χ1v) is 11.3. The number of rotatable bonds is 5. The summed E-state index contributed by atoms with van der Waals surface area (Å²) in [5, 5.41) is 1.93. The molecule has 6 nitrogen and oxygen atoms in total. The largest absolute Gasteiger partial charge is 0.497 e. The second kappa shape index (κ2) is 8.60. The van der Waals surface area contributed by atoms with E-state index in [-0.39, 0.29) is 5.56 Å². The Hall–Kier alpha value is -3.84. The van der Waals surface area contributed by atoms with Crippen LogP contribution in [0.15, 0.2) is 92.0 Å². The monoisotopic (exact) mass is 456 g/mol. The van der Waals surface area contributed by atoms with Crippen LogP contribution in [-0.4, -0.2) is 16.7 Å². The lowest BCUT2D eigenvalue weighted by atomic mass is 10.1. The summed E-state index contributed by atoms with van der Waals surface area (Å²) in [6, 6.07) is 21.9. The number of aryl methyl sites for hydroxylation is 1. The first-order chi connectivity index (χ1) is 16.0. The molecular weight excluding hydrogens is 436 g/mol. The van der Waals surface area contributed by atoms with Crippen molar-refractivity contribution in [2.24, 2.45) is 0 Å². The summed E-state index contributed by atoms with van der Waals surface area (Å²) in [5.41, 5.74) is 3.11. The maximum absolute atomic E-state index is 13.5. The van der Waals surface area contributed by atoms with Crippen LogP contribution in [0.3, 0.4) is 0 Å². The van der Waals surface area contributed by atoms with Gasteiger partial charge in [0.05, 0.1) is 23.7 Å². The Bertz CT molecular complexity index is 1620. The normalized spacial score (nSPS) is 11.2. The first-order valence-electron chi connectivity index (χ1n) is 10.4. The van der Waals surface area contributed by atoms with E-state index in [0.717, 1.165) is 16.5 Å². The maximum atomic E-state index is 13.5. The number of hydrogen-bond donors (Lipinski definition) is 0. The highest BCUT2D eigenvalue weighted by Gasteiger charge is 2.15. The molecule has 33 heavy (non-hydrogen) atoms. The predicted molar refractivity (Wildman–Crippen MR) is 131 cm³/mol. The van der Waals surface area contributed by atoms with Gasteiger partial charge in [-0.3, -0.25) is 9.36 Å². The zero-order chi connectivity index (χ0) is 22.9. The second-order valence-electron chi connectivity index (χ2n) is 7.63. The molecule has 0 fully saturated rings. The van der Waals surface area contributed by atoms with Crippen molar-refractivity contribution < 1.29 is 9.15 Å². The molecule has 2 heterocycles. The van der Waals surface area contributed by atoms with Crippen LogP contribution in [0.4, 0.5) is 0 Å². The van der Waals surface area contributed by atoms with Crippen LogP contribution in [0.25, 0.3) is 27.6 Å². The van der Waals surface area contributed by atoms with Gasteiger partial charge in [-0.05, 0) is 48.4 Å². The Balaban J connectivity index is 1.65. The van der Waals surface area contributed by atoms with Gasteiger partial charge in [0.25, 0.3) is 5.56 Å². The molecule has 164 valence electrons. The van der Waals surface area contributed by atoms with Gasteiger partial charge in [0.2, 0.25) is 0 Å². The molecule has 3 aromatic carbocycles. The van der Waals surface area contributed by atoms with Crippen molar-refractivity contribution in [3.8, 4) is 11.4 Å². The number of ether oxygens (including phenoxy) is 1. The third-order valence-electron chi connectivity index (χ3n) is 5.40. The Kier molecular flexibility index (Phi) is 5.48. The van der Waals surface area contributed by atoms with E-state index in [9.17, 15) is 9.59 Å². The molecule has 0 saturated carbocycles. The minimum absolute atomic E-state index is 0.163. The van der Waals surface area contributed by atoms with Crippen molar-refractivity contribution in [2.75, 3.05) is 7.11 Å². The summed E-state index contributed by atoms with van der Waals surface area (Å²) < 4.78 is 12.3. The molecule has 0 amide bonds. The summed E-state index contributed by atoms with van der Waals surface area (Å²) in [6.07, 6.45) is 0. The first kappa shape index (κ1) is 21.0. The van der Waals surface area contributed by atoms with Crippen LogP contribution in [0.5, 0.6) is 5.75 Å². The van der Waals surface area contributed by atoms with Crippen LogP contribution in [0.1, 0.15) is 11.1 Å². The van der Waals surface area contributed by atoms with Gasteiger partial charge in [-0.25, -0.2) is 9.78 Å². The average Bonchev–Trinajstić information content (AvgIpc) is 2.82. The van der Waals surface area contributed by atoms with Crippen LogP contribution in [0.2, 0.25) is 0 Å². The zero-order valence-corrected chi connectivity index (χ0v) is 18.9. The predicted octanol–water partition coefficient (Wildman–Crippen LogP) is 5.10. The highest BCUT2D eigenvalue weighted by molar-refractivity contribution is 7.98. The number of para-hydroxylation sites is 1. The molecule has 0 N–H and O–H groups in total. The quantitative estimate of drug-likeness (QED) is 0.208. The van der Waals surface area contributed by atoms with E-state index in [4.69, 9.17) is 14.1 Å². The molecule has 0 aliphatic heterocycles. The number of nitrogens with zero attached hydrogens (tertiary/aromatic N) is 2. The van der Waals surface area contributed by atoms with E-state index in [2.05, 4.69) is 0 Å². The molecule has 0 unspecified atom stereocenters. The zero-order valence-electron chi connectivity index (χ0n) is 18.1. The molecule has 0 aliphatic rings. The minimum Gasteiger partial charge on any atom is -0.497 e. The van der Waals surface area contributed by atoms with Gasteiger partial charge >= 0.3 is 5.63 Å². The van der Waals surface area contributed by atoms with E-state index in [0.29, 0.717) is 38.8 Å². The van der Waals surface area contributed by atoms with E-state index < -0.39 is 5.63 Å². The van der Waals surface area contributed by atoms with Crippen LogP contribution in [-0.2, 0) is 5.75 Å². The van der Waals surface area contributed by atoms with Gasteiger partial charge in [0, 0.05) is 23.3 Å². The van der Waals surface area contributed by atoms with Crippen molar-refractivity contribution in [3.63, 3.8) is 0 Å². The molecular formula is C26H20N2O4S. The van der Waals surface area contributed by atoms with Gasteiger partial charge in [-0.15, -0.1) is 0 Å². The number of thioether (sulfide) groups is 1. The van der Waals surface area contributed by atoms with Crippen molar-refractivity contribution in [2.45, 2.75) is 17.8 Å². The second-order valence-corrected chi connectivity index (χ2v) is 8.58. The van der Waals surface area contributed by atoms with Crippen LogP contribution in [0, 0.1) is 6.92 Å². The molecule has 0 aliphatic carbocycles. The van der Waals surface area contributed by atoms with Crippen LogP contribution >= 0.6 is 11.8 Å². The SMILES string of the molecule is COc1cccc(-n2c(SCc3cc(=O)oc4cc(C)ccc34)nc3ccccc3c2=O)c1. The fourth-order valence-electron chi connectivity index (χ4n) is 3.79. The number of methoxy groups -OCH3 is 1. The van der Waals surface area contributed by atoms with E-state index in [1.807, 2.05) is 61.5 Å². The van der Waals surface area contributed by atoms with Gasteiger partial charge in [-0.1, -0.05) is 42.1 Å². The topological polar surface area (TPSA) is 74.3 Å². The summed E-state index contributed by atoms with van der Waals surface area (Å²) >= 11 is 1.40. The third kappa shape index (κ3) is 4.03.